The second-order valence-corrected chi connectivity index (χ2v) is 5.16. The Morgan fingerprint density at radius 3 is 1.77 bits per heavy atom. The first kappa shape index (κ1) is 13.0. The molecule has 0 saturated heterocycles. The molecular formula is C10H22BO2. The molecule has 0 amide bonds. The topological polar surface area (TPSA) is 18.5 Å². The molecular weight excluding hydrogens is 163 g/mol. The second-order valence-electron chi connectivity index (χ2n) is 5.16. The maximum Gasteiger partial charge on any atom is 0.488 e. The van der Waals surface area contributed by atoms with Crippen LogP contribution in [0.15, 0.2) is 0 Å². The second kappa shape index (κ2) is 4.47. The fourth-order valence-electron chi connectivity index (χ4n) is 0.436. The van der Waals surface area contributed by atoms with Gasteiger partial charge < -0.3 is 9.31 Å². The van der Waals surface area contributed by atoms with E-state index in [0.717, 1.165) is 0 Å². The van der Waals surface area contributed by atoms with Crippen LogP contribution < -0.4 is 0 Å². The molecule has 0 fully saturated rings. The van der Waals surface area contributed by atoms with Gasteiger partial charge in [0.1, 0.15) is 0 Å². The Labute approximate surface area is 83.3 Å². The SMILES string of the molecule is CC(C)O[B]OC(C)(C)C(C)(C)C. The molecule has 0 aliphatic heterocycles. The van der Waals surface area contributed by atoms with Gasteiger partial charge in [0.05, 0.1) is 5.60 Å². The van der Waals surface area contributed by atoms with Gasteiger partial charge in [-0.2, -0.15) is 0 Å². The first-order valence-electron chi connectivity index (χ1n) is 4.82. The lowest BCUT2D eigenvalue weighted by Crippen LogP contribution is -2.41. The van der Waals surface area contributed by atoms with Crippen molar-refractivity contribution in [3.63, 3.8) is 0 Å². The smallest absolute Gasteiger partial charge is 0.411 e. The van der Waals surface area contributed by atoms with E-state index in [2.05, 4.69) is 34.6 Å². The van der Waals surface area contributed by atoms with E-state index in [1.165, 1.54) is 7.69 Å². The fourth-order valence-corrected chi connectivity index (χ4v) is 0.436. The lowest BCUT2D eigenvalue weighted by molar-refractivity contribution is -0.0174. The number of hydrogen-bond donors (Lipinski definition) is 0. The van der Waals surface area contributed by atoms with E-state index < -0.39 is 0 Å². The van der Waals surface area contributed by atoms with Crippen molar-refractivity contribution in [2.75, 3.05) is 0 Å². The summed E-state index contributed by atoms with van der Waals surface area (Å²) >= 11 is 0. The van der Waals surface area contributed by atoms with Crippen LogP contribution >= 0.6 is 0 Å². The highest BCUT2D eigenvalue weighted by atomic mass is 16.6. The Kier molecular flexibility index (Phi) is 4.47. The van der Waals surface area contributed by atoms with Gasteiger partial charge in [-0.05, 0) is 33.1 Å². The molecule has 0 saturated carbocycles. The average Bonchev–Trinajstić information content (AvgIpc) is 1.82. The average molecular weight is 185 g/mol. The van der Waals surface area contributed by atoms with Crippen LogP contribution in [-0.2, 0) is 9.31 Å². The third-order valence-electron chi connectivity index (χ3n) is 2.48. The molecule has 0 bridgehead atoms. The first-order chi connectivity index (χ1) is 5.67. The third kappa shape index (κ3) is 4.68. The Morgan fingerprint density at radius 2 is 1.46 bits per heavy atom. The van der Waals surface area contributed by atoms with E-state index in [1.807, 2.05) is 13.8 Å². The predicted octanol–water partition coefficient (Wildman–Crippen LogP) is 2.79. The molecule has 13 heavy (non-hydrogen) atoms. The molecule has 0 unspecified atom stereocenters. The van der Waals surface area contributed by atoms with Crippen molar-refractivity contribution in [1.82, 2.24) is 0 Å². The zero-order valence-corrected chi connectivity index (χ0v) is 9.97. The van der Waals surface area contributed by atoms with E-state index in [4.69, 9.17) is 9.31 Å². The molecule has 0 spiro atoms. The maximum atomic E-state index is 5.56. The molecule has 3 heteroatoms. The van der Waals surface area contributed by atoms with Crippen molar-refractivity contribution in [2.24, 2.45) is 5.41 Å². The standard InChI is InChI=1S/C10H22BO2/c1-8(2)12-11-13-10(6,7)9(3,4)5/h8H,1-7H3. The van der Waals surface area contributed by atoms with E-state index in [0.29, 0.717) is 0 Å². The molecule has 77 valence electrons. The summed E-state index contributed by atoms with van der Waals surface area (Å²) in [5, 5.41) is 0. The Hall–Kier alpha value is -0.0151. The molecule has 0 aromatic heterocycles. The van der Waals surface area contributed by atoms with E-state index in [-0.39, 0.29) is 17.1 Å². The van der Waals surface area contributed by atoms with Crippen LogP contribution in [0.5, 0.6) is 0 Å². The summed E-state index contributed by atoms with van der Waals surface area (Å²) in [5.41, 5.74) is -0.105. The van der Waals surface area contributed by atoms with Gasteiger partial charge in [-0.3, -0.25) is 0 Å². The highest BCUT2D eigenvalue weighted by Crippen LogP contribution is 2.32. The van der Waals surface area contributed by atoms with Gasteiger partial charge in [-0.1, -0.05) is 20.8 Å². The lowest BCUT2D eigenvalue weighted by Gasteiger charge is -2.38. The van der Waals surface area contributed by atoms with Crippen molar-refractivity contribution in [2.45, 2.75) is 60.2 Å². The van der Waals surface area contributed by atoms with Gasteiger partial charge in [0, 0.05) is 6.10 Å². The third-order valence-corrected chi connectivity index (χ3v) is 2.48. The van der Waals surface area contributed by atoms with Gasteiger partial charge in [0.25, 0.3) is 0 Å². The van der Waals surface area contributed by atoms with Crippen molar-refractivity contribution in [3.05, 3.63) is 0 Å². The van der Waals surface area contributed by atoms with Crippen molar-refractivity contribution >= 4 is 7.69 Å². The quantitative estimate of drug-likeness (QED) is 0.627. The zero-order chi connectivity index (χ0) is 10.7. The Balaban J connectivity index is 3.90. The van der Waals surface area contributed by atoms with E-state index in [1.54, 1.807) is 0 Å². The molecule has 0 aliphatic rings. The summed E-state index contributed by atoms with van der Waals surface area (Å²) in [6.45, 7) is 14.5. The predicted molar refractivity (Wildman–Crippen MR) is 56.6 cm³/mol. The molecule has 1 radical (unpaired) electrons. The van der Waals surface area contributed by atoms with Crippen LogP contribution in [-0.4, -0.2) is 19.4 Å². The number of rotatable bonds is 4. The van der Waals surface area contributed by atoms with Gasteiger partial charge in [0.15, 0.2) is 0 Å². The molecule has 0 aromatic carbocycles. The summed E-state index contributed by atoms with van der Waals surface area (Å²) in [6.07, 6.45) is 0.177. The van der Waals surface area contributed by atoms with Crippen LogP contribution in [0.25, 0.3) is 0 Å². The zero-order valence-electron chi connectivity index (χ0n) is 9.97. The summed E-state index contributed by atoms with van der Waals surface area (Å²) in [4.78, 5) is 0. The van der Waals surface area contributed by atoms with E-state index in [9.17, 15) is 0 Å². The van der Waals surface area contributed by atoms with Crippen molar-refractivity contribution in [1.29, 1.82) is 0 Å². The molecule has 0 heterocycles. The largest absolute Gasteiger partial charge is 0.488 e. The Bertz CT molecular complexity index is 147. The van der Waals surface area contributed by atoms with Crippen LogP contribution in [0.4, 0.5) is 0 Å². The van der Waals surface area contributed by atoms with Gasteiger partial charge in [-0.25, -0.2) is 0 Å². The summed E-state index contributed by atoms with van der Waals surface area (Å²) in [6, 6.07) is 0. The van der Waals surface area contributed by atoms with Crippen LogP contribution in [0.2, 0.25) is 0 Å². The van der Waals surface area contributed by atoms with Crippen LogP contribution in [0.3, 0.4) is 0 Å². The lowest BCUT2D eigenvalue weighted by atomic mass is 9.78. The summed E-state index contributed by atoms with van der Waals surface area (Å²) in [5.74, 6) is 0. The minimum atomic E-state index is -0.206. The van der Waals surface area contributed by atoms with Gasteiger partial charge in [-0.15, -0.1) is 0 Å². The minimum Gasteiger partial charge on any atom is -0.411 e. The first-order valence-corrected chi connectivity index (χ1v) is 4.82. The molecule has 0 atom stereocenters. The minimum absolute atomic E-state index is 0.101. The summed E-state index contributed by atoms with van der Waals surface area (Å²) < 4.78 is 10.8. The van der Waals surface area contributed by atoms with Crippen molar-refractivity contribution in [3.8, 4) is 0 Å². The monoisotopic (exact) mass is 185 g/mol. The molecule has 0 aliphatic carbocycles. The summed E-state index contributed by atoms with van der Waals surface area (Å²) in [7, 11) is 1.45. The highest BCUT2D eigenvalue weighted by molar-refractivity contribution is 6.18. The normalized spacial score (nSPS) is 13.5. The molecule has 0 rings (SSSR count). The van der Waals surface area contributed by atoms with E-state index >= 15 is 0 Å². The molecule has 2 nitrogen and oxygen atoms in total. The van der Waals surface area contributed by atoms with Gasteiger partial charge in [0.2, 0.25) is 0 Å². The Morgan fingerprint density at radius 1 is 1.00 bits per heavy atom. The van der Waals surface area contributed by atoms with Crippen molar-refractivity contribution < 1.29 is 9.31 Å². The van der Waals surface area contributed by atoms with Crippen LogP contribution in [0, 0.1) is 5.41 Å². The molecule has 0 aromatic rings. The van der Waals surface area contributed by atoms with Crippen LogP contribution in [0.1, 0.15) is 48.5 Å². The van der Waals surface area contributed by atoms with Gasteiger partial charge >= 0.3 is 7.69 Å². The maximum absolute atomic E-state index is 5.56. The highest BCUT2D eigenvalue weighted by Gasteiger charge is 2.33. The number of hydrogen-bond acceptors (Lipinski definition) is 2. The molecule has 0 N–H and O–H groups in total. The fraction of sp³-hybridized carbons (Fsp3) is 1.00.